The maximum absolute atomic E-state index is 11.6. The molecule has 0 aliphatic rings. The van der Waals surface area contributed by atoms with Crippen LogP contribution in [0.15, 0.2) is 61.9 Å². The molecule has 3 aromatic rings. The van der Waals surface area contributed by atoms with Crippen LogP contribution in [0.2, 0.25) is 0 Å². The molecule has 2 aromatic carbocycles. The Morgan fingerprint density at radius 3 is 2.55 bits per heavy atom. The second-order valence-corrected chi connectivity index (χ2v) is 5.04. The van der Waals surface area contributed by atoms with Crippen LogP contribution in [0, 0.1) is 13.8 Å². The van der Waals surface area contributed by atoms with E-state index in [2.05, 4.69) is 10.2 Å². The average Bonchev–Trinajstić information content (AvgIpc) is 2.47. The summed E-state index contributed by atoms with van der Waals surface area (Å²) in [4.78, 5) is 11.6. The van der Waals surface area contributed by atoms with Gasteiger partial charge in [0, 0.05) is 11.5 Å². The Morgan fingerprint density at radius 1 is 1.00 bits per heavy atom. The van der Waals surface area contributed by atoms with Crippen LogP contribution >= 0.6 is 0 Å². The number of rotatable bonds is 2. The fourth-order valence-electron chi connectivity index (χ4n) is 2.24. The molecule has 0 amide bonds. The molecule has 0 unspecified atom stereocenters. The smallest absolute Gasteiger partial charge is 0.336 e. The first-order valence-corrected chi connectivity index (χ1v) is 6.80. The minimum Gasteiger partial charge on any atom is -0.505 e. The second kappa shape index (κ2) is 5.44. The zero-order valence-electron chi connectivity index (χ0n) is 12.2. The van der Waals surface area contributed by atoms with Gasteiger partial charge in [-0.05, 0) is 43.2 Å². The van der Waals surface area contributed by atoms with E-state index in [4.69, 9.17) is 4.42 Å². The monoisotopic (exact) mass is 294 g/mol. The average molecular weight is 294 g/mol. The van der Waals surface area contributed by atoms with Crippen molar-refractivity contribution in [2.45, 2.75) is 13.8 Å². The van der Waals surface area contributed by atoms with Crippen molar-refractivity contribution in [2.24, 2.45) is 10.2 Å². The van der Waals surface area contributed by atoms with Crippen LogP contribution in [-0.2, 0) is 0 Å². The molecule has 5 nitrogen and oxygen atoms in total. The van der Waals surface area contributed by atoms with Gasteiger partial charge in [0.1, 0.15) is 5.75 Å². The fraction of sp³-hybridized carbons (Fsp3) is 0.118. The number of nitrogens with zero attached hydrogens (tertiary/aromatic N) is 2. The number of benzene rings is 2. The quantitative estimate of drug-likeness (QED) is 0.557. The van der Waals surface area contributed by atoms with Gasteiger partial charge in [-0.2, -0.15) is 5.11 Å². The van der Waals surface area contributed by atoms with Gasteiger partial charge in [0.2, 0.25) is 0 Å². The zero-order chi connectivity index (χ0) is 15.7. The van der Waals surface area contributed by atoms with Gasteiger partial charge >= 0.3 is 5.63 Å². The van der Waals surface area contributed by atoms with E-state index in [-0.39, 0.29) is 17.0 Å². The molecular formula is C17H14N2O3. The molecule has 5 heteroatoms. The summed E-state index contributed by atoms with van der Waals surface area (Å²) in [5.41, 5.74) is 2.32. The van der Waals surface area contributed by atoms with Gasteiger partial charge in [-0.3, -0.25) is 0 Å². The Bertz CT molecular complexity index is 942. The van der Waals surface area contributed by atoms with Crippen molar-refractivity contribution in [3.05, 3.63) is 64.0 Å². The zero-order valence-corrected chi connectivity index (χ0v) is 12.2. The highest BCUT2D eigenvalue weighted by Crippen LogP contribution is 2.36. The number of phenolic OH excluding ortho intramolecular Hbond substituents is 1. The van der Waals surface area contributed by atoms with Crippen molar-refractivity contribution < 1.29 is 9.52 Å². The summed E-state index contributed by atoms with van der Waals surface area (Å²) in [6, 6.07) is 12.1. The lowest BCUT2D eigenvalue weighted by Crippen LogP contribution is -1.97. The van der Waals surface area contributed by atoms with E-state index >= 15 is 0 Å². The predicted molar refractivity (Wildman–Crippen MR) is 84.2 cm³/mol. The molecule has 0 radical (unpaired) electrons. The second-order valence-electron chi connectivity index (χ2n) is 5.04. The summed E-state index contributed by atoms with van der Waals surface area (Å²) >= 11 is 0. The molecule has 0 bridgehead atoms. The Morgan fingerprint density at radius 2 is 1.77 bits per heavy atom. The van der Waals surface area contributed by atoms with Gasteiger partial charge in [-0.15, -0.1) is 5.11 Å². The van der Waals surface area contributed by atoms with Crippen LogP contribution in [0.4, 0.5) is 11.4 Å². The van der Waals surface area contributed by atoms with E-state index in [0.29, 0.717) is 5.69 Å². The van der Waals surface area contributed by atoms with E-state index in [1.807, 2.05) is 31.2 Å². The number of phenols is 1. The van der Waals surface area contributed by atoms with Crippen molar-refractivity contribution in [1.29, 1.82) is 0 Å². The van der Waals surface area contributed by atoms with Gasteiger partial charge in [0.15, 0.2) is 11.3 Å². The minimum absolute atomic E-state index is 0.0846. The Hall–Kier alpha value is -2.95. The fourth-order valence-corrected chi connectivity index (χ4v) is 2.24. The molecule has 22 heavy (non-hydrogen) atoms. The van der Waals surface area contributed by atoms with Crippen LogP contribution in [0.25, 0.3) is 11.0 Å². The van der Waals surface area contributed by atoms with Gasteiger partial charge in [-0.25, -0.2) is 4.79 Å². The molecule has 1 aromatic heterocycles. The molecule has 1 N–H and O–H groups in total. The molecule has 1 heterocycles. The van der Waals surface area contributed by atoms with Gasteiger partial charge < -0.3 is 9.52 Å². The standard InChI is InChI=1S/C17H14N2O3/c1-10-5-3-4-6-13(10)18-19-16-14(20)8-7-12-11(2)9-15(21)22-17(12)16/h3-9,20H,1-2H3. The van der Waals surface area contributed by atoms with Crippen molar-refractivity contribution in [3.8, 4) is 5.75 Å². The number of hydrogen-bond acceptors (Lipinski definition) is 5. The number of hydrogen-bond donors (Lipinski definition) is 1. The highest BCUT2D eigenvalue weighted by atomic mass is 16.4. The maximum atomic E-state index is 11.6. The predicted octanol–water partition coefficient (Wildman–Crippen LogP) is 4.53. The topological polar surface area (TPSA) is 75.2 Å². The van der Waals surface area contributed by atoms with Crippen LogP contribution in [0.1, 0.15) is 11.1 Å². The highest BCUT2D eigenvalue weighted by molar-refractivity contribution is 5.92. The largest absolute Gasteiger partial charge is 0.505 e. The van der Waals surface area contributed by atoms with Crippen LogP contribution in [0.5, 0.6) is 5.75 Å². The minimum atomic E-state index is -0.483. The third-order valence-electron chi connectivity index (χ3n) is 3.45. The lowest BCUT2D eigenvalue weighted by atomic mass is 10.1. The molecular weight excluding hydrogens is 280 g/mol. The summed E-state index contributed by atoms with van der Waals surface area (Å²) in [5, 5.41) is 19.0. The molecule has 0 saturated heterocycles. The van der Waals surface area contributed by atoms with Crippen molar-refractivity contribution in [3.63, 3.8) is 0 Å². The summed E-state index contributed by atoms with van der Waals surface area (Å²) in [7, 11) is 0. The Balaban J connectivity index is 2.20. The van der Waals surface area contributed by atoms with Crippen molar-refractivity contribution >= 4 is 22.3 Å². The first-order valence-electron chi connectivity index (χ1n) is 6.80. The molecule has 3 rings (SSSR count). The highest BCUT2D eigenvalue weighted by Gasteiger charge is 2.12. The third-order valence-corrected chi connectivity index (χ3v) is 3.45. The summed E-state index contributed by atoms with van der Waals surface area (Å²) in [6.07, 6.45) is 0. The first kappa shape index (κ1) is 14.0. The SMILES string of the molecule is Cc1ccccc1N=Nc1c(O)ccc2c(C)cc(=O)oc12. The molecule has 0 aliphatic carbocycles. The molecule has 0 aliphatic heterocycles. The van der Waals surface area contributed by atoms with Crippen molar-refractivity contribution in [2.75, 3.05) is 0 Å². The third kappa shape index (κ3) is 2.48. The summed E-state index contributed by atoms with van der Waals surface area (Å²) in [5.74, 6) is -0.0846. The van der Waals surface area contributed by atoms with Crippen molar-refractivity contribution in [1.82, 2.24) is 0 Å². The van der Waals surface area contributed by atoms with E-state index in [0.717, 1.165) is 16.5 Å². The summed E-state index contributed by atoms with van der Waals surface area (Å²) in [6.45, 7) is 3.72. The van der Waals surface area contributed by atoms with E-state index in [9.17, 15) is 9.90 Å². The molecule has 0 atom stereocenters. The maximum Gasteiger partial charge on any atom is 0.336 e. The van der Waals surface area contributed by atoms with Crippen LogP contribution in [0.3, 0.4) is 0 Å². The molecule has 0 spiro atoms. The molecule has 0 saturated carbocycles. The number of azo groups is 1. The molecule has 110 valence electrons. The van der Waals surface area contributed by atoms with E-state index < -0.39 is 5.63 Å². The molecule has 0 fully saturated rings. The number of aromatic hydroxyl groups is 1. The van der Waals surface area contributed by atoms with E-state index in [1.54, 1.807) is 13.0 Å². The van der Waals surface area contributed by atoms with Gasteiger partial charge in [0.05, 0.1) is 5.69 Å². The Labute approximate surface area is 126 Å². The van der Waals surface area contributed by atoms with Gasteiger partial charge in [0.25, 0.3) is 0 Å². The number of fused-ring (bicyclic) bond motifs is 1. The van der Waals surface area contributed by atoms with Crippen LogP contribution < -0.4 is 5.63 Å². The number of aryl methyl sites for hydroxylation is 2. The van der Waals surface area contributed by atoms with Gasteiger partial charge in [-0.1, -0.05) is 18.2 Å². The summed E-state index contributed by atoms with van der Waals surface area (Å²) < 4.78 is 5.20. The first-order chi connectivity index (χ1) is 10.6. The lowest BCUT2D eigenvalue weighted by Gasteiger charge is -2.05. The lowest BCUT2D eigenvalue weighted by molar-refractivity contribution is 0.474. The normalized spacial score (nSPS) is 11.4. The van der Waals surface area contributed by atoms with Crippen LogP contribution in [-0.4, -0.2) is 5.11 Å². The Kier molecular flexibility index (Phi) is 3.47. The van der Waals surface area contributed by atoms with E-state index in [1.165, 1.54) is 12.1 Å².